The fourth-order valence-corrected chi connectivity index (χ4v) is 4.41. The van der Waals surface area contributed by atoms with Crippen LogP contribution in [0.4, 0.5) is 0 Å². The number of aromatic nitrogens is 2. The van der Waals surface area contributed by atoms with Crippen LogP contribution in [0.1, 0.15) is 52.7 Å². The molecule has 3 amide bonds. The van der Waals surface area contributed by atoms with Crippen LogP contribution in [0.15, 0.2) is 36.4 Å². The predicted molar refractivity (Wildman–Crippen MR) is 124 cm³/mol. The Labute approximate surface area is 194 Å². The average molecular weight is 453 g/mol. The summed E-state index contributed by atoms with van der Waals surface area (Å²) in [5, 5.41) is 10.2. The molecule has 9 nitrogen and oxygen atoms in total. The van der Waals surface area contributed by atoms with Crippen LogP contribution in [0.2, 0.25) is 0 Å². The van der Waals surface area contributed by atoms with Crippen molar-refractivity contribution < 1.29 is 14.4 Å². The molecule has 2 aromatic rings. The van der Waals surface area contributed by atoms with Crippen molar-refractivity contribution in [1.29, 1.82) is 0 Å². The van der Waals surface area contributed by atoms with Gasteiger partial charge in [-0.3, -0.25) is 19.1 Å². The molecule has 9 heteroatoms. The zero-order valence-electron chi connectivity index (χ0n) is 19.3. The molecule has 0 saturated carbocycles. The first-order valence-corrected chi connectivity index (χ1v) is 11.6. The van der Waals surface area contributed by atoms with Crippen LogP contribution in [-0.4, -0.2) is 76.1 Å². The van der Waals surface area contributed by atoms with Crippen molar-refractivity contribution in [2.75, 3.05) is 33.2 Å². The second-order valence-corrected chi connectivity index (χ2v) is 9.04. The summed E-state index contributed by atoms with van der Waals surface area (Å²) in [6.07, 6.45) is 3.68. The molecule has 1 aromatic carbocycles. The summed E-state index contributed by atoms with van der Waals surface area (Å²) in [5.41, 5.74) is 0.362. The minimum atomic E-state index is -1.12. The monoisotopic (exact) mass is 452 g/mol. The van der Waals surface area contributed by atoms with Gasteiger partial charge < -0.3 is 20.4 Å². The molecule has 2 aliphatic heterocycles. The number of benzene rings is 1. The van der Waals surface area contributed by atoms with E-state index in [1.54, 1.807) is 14.0 Å². The SMILES string of the molecule is CN1C(=O)c2cc(C(=O)NCCN3CCCCC3)nn2CC1(C)C(=O)NCc1ccccc1. The van der Waals surface area contributed by atoms with Crippen LogP contribution >= 0.6 is 0 Å². The van der Waals surface area contributed by atoms with Gasteiger partial charge in [-0.15, -0.1) is 0 Å². The first kappa shape index (κ1) is 23.0. The molecule has 1 fully saturated rings. The van der Waals surface area contributed by atoms with Gasteiger partial charge in [-0.25, -0.2) is 0 Å². The molecule has 0 spiro atoms. The lowest BCUT2D eigenvalue weighted by Crippen LogP contribution is -2.62. The number of piperidine rings is 1. The fourth-order valence-electron chi connectivity index (χ4n) is 4.41. The van der Waals surface area contributed by atoms with E-state index >= 15 is 0 Å². The van der Waals surface area contributed by atoms with Gasteiger partial charge in [-0.1, -0.05) is 36.8 Å². The molecule has 1 atom stereocenters. The van der Waals surface area contributed by atoms with E-state index in [0.29, 0.717) is 18.8 Å². The van der Waals surface area contributed by atoms with Crippen molar-refractivity contribution in [3.63, 3.8) is 0 Å². The Kier molecular flexibility index (Phi) is 6.78. The minimum absolute atomic E-state index is 0.173. The second-order valence-electron chi connectivity index (χ2n) is 9.04. The Bertz CT molecular complexity index is 1010. The third-order valence-corrected chi connectivity index (χ3v) is 6.68. The lowest BCUT2D eigenvalue weighted by Gasteiger charge is -2.40. The summed E-state index contributed by atoms with van der Waals surface area (Å²) in [6.45, 7) is 5.74. The Balaban J connectivity index is 1.40. The van der Waals surface area contributed by atoms with Gasteiger partial charge in [-0.05, 0) is 38.4 Å². The maximum Gasteiger partial charge on any atom is 0.272 e. The van der Waals surface area contributed by atoms with Crippen LogP contribution in [0, 0.1) is 0 Å². The molecule has 1 unspecified atom stereocenters. The number of likely N-dealkylation sites (tertiary alicyclic amines) is 1. The van der Waals surface area contributed by atoms with Crippen molar-refractivity contribution in [2.24, 2.45) is 0 Å². The molecule has 4 rings (SSSR count). The smallest absolute Gasteiger partial charge is 0.272 e. The lowest BCUT2D eigenvalue weighted by atomic mass is 9.96. The Morgan fingerprint density at radius 2 is 1.82 bits per heavy atom. The van der Waals surface area contributed by atoms with Crippen LogP contribution in [-0.2, 0) is 17.9 Å². The highest BCUT2D eigenvalue weighted by Crippen LogP contribution is 2.26. The zero-order valence-corrected chi connectivity index (χ0v) is 19.3. The highest BCUT2D eigenvalue weighted by Gasteiger charge is 2.46. The van der Waals surface area contributed by atoms with E-state index < -0.39 is 5.54 Å². The molecular formula is C24H32N6O3. The van der Waals surface area contributed by atoms with E-state index in [9.17, 15) is 14.4 Å². The summed E-state index contributed by atoms with van der Waals surface area (Å²) in [7, 11) is 1.61. The van der Waals surface area contributed by atoms with Crippen molar-refractivity contribution in [2.45, 2.75) is 44.8 Å². The maximum absolute atomic E-state index is 13.1. The normalized spacial score (nSPS) is 20.9. The van der Waals surface area contributed by atoms with Gasteiger partial charge in [-0.2, -0.15) is 5.10 Å². The maximum atomic E-state index is 13.1. The molecular weight excluding hydrogens is 420 g/mol. The number of nitrogens with zero attached hydrogens (tertiary/aromatic N) is 4. The zero-order chi connectivity index (χ0) is 23.4. The lowest BCUT2D eigenvalue weighted by molar-refractivity contribution is -0.132. The summed E-state index contributed by atoms with van der Waals surface area (Å²) in [5.74, 6) is -0.908. The van der Waals surface area contributed by atoms with E-state index in [1.807, 2.05) is 30.3 Å². The third kappa shape index (κ3) is 4.93. The second kappa shape index (κ2) is 9.74. The van der Waals surface area contributed by atoms with Gasteiger partial charge in [0.25, 0.3) is 11.8 Å². The van der Waals surface area contributed by atoms with E-state index in [2.05, 4.69) is 20.6 Å². The van der Waals surface area contributed by atoms with Crippen LogP contribution in [0.25, 0.3) is 0 Å². The van der Waals surface area contributed by atoms with E-state index in [1.165, 1.54) is 34.9 Å². The van der Waals surface area contributed by atoms with Gasteiger partial charge in [0.1, 0.15) is 11.2 Å². The number of hydrogen-bond acceptors (Lipinski definition) is 5. The van der Waals surface area contributed by atoms with Gasteiger partial charge in [0.15, 0.2) is 5.69 Å². The topological polar surface area (TPSA) is 99.6 Å². The predicted octanol–water partition coefficient (Wildman–Crippen LogP) is 1.26. The molecule has 1 aromatic heterocycles. The molecule has 33 heavy (non-hydrogen) atoms. The van der Waals surface area contributed by atoms with Gasteiger partial charge in [0, 0.05) is 32.7 Å². The first-order valence-electron chi connectivity index (χ1n) is 11.6. The number of likely N-dealkylation sites (N-methyl/N-ethyl adjacent to an activating group) is 1. The number of carbonyl (C=O) groups excluding carboxylic acids is 3. The van der Waals surface area contributed by atoms with Crippen molar-refractivity contribution in [3.05, 3.63) is 53.3 Å². The summed E-state index contributed by atoms with van der Waals surface area (Å²) in [6, 6.07) is 11.1. The molecule has 2 aliphatic rings. The van der Waals surface area contributed by atoms with E-state index in [4.69, 9.17) is 0 Å². The minimum Gasteiger partial charge on any atom is -0.350 e. The fraction of sp³-hybridized carbons (Fsp3) is 0.500. The number of nitrogens with one attached hydrogen (secondary N) is 2. The number of hydrogen-bond donors (Lipinski definition) is 2. The average Bonchev–Trinajstić information content (AvgIpc) is 3.26. The van der Waals surface area contributed by atoms with Crippen LogP contribution < -0.4 is 10.6 Å². The summed E-state index contributed by atoms with van der Waals surface area (Å²) >= 11 is 0. The largest absolute Gasteiger partial charge is 0.350 e. The standard InChI is InChI=1S/C24H32N6O3/c1-24(23(33)26-16-18-9-5-3-6-10-18)17-30-20(22(32)28(24)2)15-19(27-30)21(31)25-11-14-29-12-7-4-8-13-29/h3,5-6,9-10,15H,4,7-8,11-14,16-17H2,1-2H3,(H,25,31)(H,26,33). The molecule has 0 radical (unpaired) electrons. The summed E-state index contributed by atoms with van der Waals surface area (Å²) in [4.78, 5) is 42.5. The number of rotatable bonds is 7. The third-order valence-electron chi connectivity index (χ3n) is 6.68. The Morgan fingerprint density at radius 3 is 2.55 bits per heavy atom. The van der Waals surface area contributed by atoms with Crippen molar-refractivity contribution >= 4 is 17.7 Å². The molecule has 3 heterocycles. The quantitative estimate of drug-likeness (QED) is 0.659. The van der Waals surface area contributed by atoms with Crippen LogP contribution in [0.5, 0.6) is 0 Å². The highest BCUT2D eigenvalue weighted by molar-refractivity contribution is 6.01. The Morgan fingerprint density at radius 1 is 1.09 bits per heavy atom. The van der Waals surface area contributed by atoms with Crippen molar-refractivity contribution in [3.8, 4) is 0 Å². The highest BCUT2D eigenvalue weighted by atomic mass is 16.2. The van der Waals surface area contributed by atoms with E-state index in [-0.39, 0.29) is 30.0 Å². The van der Waals surface area contributed by atoms with Crippen molar-refractivity contribution in [1.82, 2.24) is 30.2 Å². The molecule has 176 valence electrons. The van der Waals surface area contributed by atoms with Crippen LogP contribution in [0.3, 0.4) is 0 Å². The number of carbonyl (C=O) groups is 3. The molecule has 1 saturated heterocycles. The molecule has 2 N–H and O–H groups in total. The summed E-state index contributed by atoms with van der Waals surface area (Å²) < 4.78 is 1.48. The first-order chi connectivity index (χ1) is 15.9. The van der Waals surface area contributed by atoms with Gasteiger partial charge in [0.05, 0.1) is 6.54 Å². The number of amides is 3. The van der Waals surface area contributed by atoms with Gasteiger partial charge in [0.2, 0.25) is 5.91 Å². The van der Waals surface area contributed by atoms with E-state index in [0.717, 1.165) is 25.2 Å². The Hall–Kier alpha value is -3.20. The molecule has 0 aliphatic carbocycles. The van der Waals surface area contributed by atoms with Gasteiger partial charge >= 0.3 is 0 Å². The molecule has 0 bridgehead atoms. The number of fused-ring (bicyclic) bond motifs is 1.